The number of carbonyl (C=O) groups excluding carboxylic acids is 1. The van der Waals surface area contributed by atoms with E-state index in [-0.39, 0.29) is 11.7 Å². The Morgan fingerprint density at radius 3 is 2.68 bits per heavy atom. The predicted molar refractivity (Wildman–Crippen MR) is 112 cm³/mol. The van der Waals surface area contributed by atoms with Crippen molar-refractivity contribution in [3.8, 4) is 11.5 Å². The van der Waals surface area contributed by atoms with E-state index in [1.807, 2.05) is 36.4 Å². The zero-order valence-corrected chi connectivity index (χ0v) is 16.7. The summed E-state index contributed by atoms with van der Waals surface area (Å²) in [6.45, 7) is 2.20. The van der Waals surface area contributed by atoms with Crippen molar-refractivity contribution in [3.63, 3.8) is 0 Å². The van der Waals surface area contributed by atoms with Crippen LogP contribution in [0.1, 0.15) is 12.8 Å². The summed E-state index contributed by atoms with van der Waals surface area (Å²) in [4.78, 5) is 14.6. The number of thioether (sulfide) groups is 1. The number of hydrogen-bond donors (Lipinski definition) is 1. The molecule has 1 aromatic heterocycles. The number of nitrogens with zero attached hydrogens (tertiary/aromatic N) is 3. The van der Waals surface area contributed by atoms with E-state index < -0.39 is 0 Å². The zero-order chi connectivity index (χ0) is 19.3. The summed E-state index contributed by atoms with van der Waals surface area (Å²) in [7, 11) is 0. The number of aromatic nitrogens is 2. The third-order valence-corrected chi connectivity index (χ3v) is 5.48. The second kappa shape index (κ2) is 8.67. The fourth-order valence-electron chi connectivity index (χ4n) is 3.06. The summed E-state index contributed by atoms with van der Waals surface area (Å²) < 4.78 is 5.59. The number of benzene rings is 2. The van der Waals surface area contributed by atoms with Gasteiger partial charge in [-0.1, -0.05) is 29.4 Å². The van der Waals surface area contributed by atoms with Crippen LogP contribution in [-0.4, -0.2) is 34.9 Å². The summed E-state index contributed by atoms with van der Waals surface area (Å²) in [6.07, 6.45) is 2.48. The van der Waals surface area contributed by atoms with Crippen molar-refractivity contribution in [1.29, 1.82) is 0 Å². The average Bonchev–Trinajstić information content (AvgIpc) is 3.39. The van der Waals surface area contributed by atoms with Crippen molar-refractivity contribution < 1.29 is 9.21 Å². The molecule has 1 fully saturated rings. The highest BCUT2D eigenvalue weighted by molar-refractivity contribution is 7.99. The van der Waals surface area contributed by atoms with Gasteiger partial charge in [-0.15, -0.1) is 10.2 Å². The van der Waals surface area contributed by atoms with Crippen LogP contribution in [0.25, 0.3) is 11.5 Å². The Labute approximate surface area is 172 Å². The van der Waals surface area contributed by atoms with Crippen molar-refractivity contribution in [2.45, 2.75) is 18.1 Å². The third-order valence-electron chi connectivity index (χ3n) is 4.43. The first-order chi connectivity index (χ1) is 13.7. The van der Waals surface area contributed by atoms with E-state index in [9.17, 15) is 4.79 Å². The maximum atomic E-state index is 12.2. The maximum absolute atomic E-state index is 12.2. The van der Waals surface area contributed by atoms with E-state index in [1.165, 1.54) is 30.3 Å². The highest BCUT2D eigenvalue weighted by atomic mass is 35.5. The molecule has 144 valence electrons. The van der Waals surface area contributed by atoms with E-state index in [0.717, 1.165) is 24.3 Å². The highest BCUT2D eigenvalue weighted by Crippen LogP contribution is 2.26. The molecule has 0 unspecified atom stereocenters. The lowest BCUT2D eigenvalue weighted by atomic mass is 10.2. The van der Waals surface area contributed by atoms with Crippen LogP contribution >= 0.6 is 23.4 Å². The quantitative estimate of drug-likeness (QED) is 0.588. The van der Waals surface area contributed by atoms with Gasteiger partial charge in [0.15, 0.2) is 0 Å². The standard InChI is InChI=1S/C20H19ClN4O2S/c21-15-5-3-4-14(12-15)19-23-24-20(27-19)28-13-18(26)22-16-6-8-17(9-7-16)25-10-1-2-11-25/h3-9,12H,1-2,10-11,13H2,(H,22,26). The number of anilines is 2. The Kier molecular flexibility index (Phi) is 5.83. The summed E-state index contributed by atoms with van der Waals surface area (Å²) in [5, 5.41) is 11.8. The first-order valence-corrected chi connectivity index (χ1v) is 10.4. The number of rotatable bonds is 6. The maximum Gasteiger partial charge on any atom is 0.277 e. The number of amides is 1. The van der Waals surface area contributed by atoms with Crippen LogP contribution < -0.4 is 10.2 Å². The second-order valence-corrected chi connectivity index (χ2v) is 7.82. The van der Waals surface area contributed by atoms with Gasteiger partial charge in [-0.3, -0.25) is 4.79 Å². The van der Waals surface area contributed by atoms with Crippen molar-refractivity contribution in [2.75, 3.05) is 29.1 Å². The van der Waals surface area contributed by atoms with Gasteiger partial charge in [0.25, 0.3) is 5.22 Å². The van der Waals surface area contributed by atoms with Gasteiger partial charge in [0.05, 0.1) is 5.75 Å². The fraction of sp³-hybridized carbons (Fsp3) is 0.250. The Morgan fingerprint density at radius 2 is 1.93 bits per heavy atom. The molecule has 0 bridgehead atoms. The number of nitrogens with one attached hydrogen (secondary N) is 1. The molecule has 0 atom stereocenters. The molecule has 28 heavy (non-hydrogen) atoms. The largest absolute Gasteiger partial charge is 0.411 e. The lowest BCUT2D eigenvalue weighted by molar-refractivity contribution is -0.113. The van der Waals surface area contributed by atoms with Crippen LogP contribution in [0, 0.1) is 0 Å². The highest BCUT2D eigenvalue weighted by Gasteiger charge is 2.13. The summed E-state index contributed by atoms with van der Waals surface area (Å²) in [5.74, 6) is 0.440. The number of carbonyl (C=O) groups is 1. The molecule has 8 heteroatoms. The van der Waals surface area contributed by atoms with Gasteiger partial charge in [-0.25, -0.2) is 0 Å². The Balaban J connectivity index is 1.30. The molecular formula is C20H19ClN4O2S. The Hall–Kier alpha value is -2.51. The number of hydrogen-bond acceptors (Lipinski definition) is 6. The minimum absolute atomic E-state index is 0.124. The molecule has 6 nitrogen and oxygen atoms in total. The van der Waals surface area contributed by atoms with Crippen molar-refractivity contribution in [2.24, 2.45) is 0 Å². The molecule has 1 saturated heterocycles. The molecule has 2 aromatic carbocycles. The van der Waals surface area contributed by atoms with Crippen LogP contribution in [0.15, 0.2) is 58.2 Å². The molecule has 0 radical (unpaired) electrons. The Bertz CT molecular complexity index is 955. The second-order valence-electron chi connectivity index (χ2n) is 6.46. The number of halogens is 1. The summed E-state index contributed by atoms with van der Waals surface area (Å²) in [5.41, 5.74) is 2.72. The minimum atomic E-state index is -0.124. The lowest BCUT2D eigenvalue weighted by Gasteiger charge is -2.17. The van der Waals surface area contributed by atoms with E-state index >= 15 is 0 Å². The fourth-order valence-corrected chi connectivity index (χ4v) is 3.81. The van der Waals surface area contributed by atoms with E-state index in [4.69, 9.17) is 16.0 Å². The molecule has 0 aliphatic carbocycles. The van der Waals surface area contributed by atoms with Crippen LogP contribution in [-0.2, 0) is 4.79 Å². The molecule has 2 heterocycles. The van der Waals surface area contributed by atoms with E-state index in [0.29, 0.717) is 16.1 Å². The first kappa shape index (κ1) is 18.8. The van der Waals surface area contributed by atoms with Crippen LogP contribution in [0.4, 0.5) is 11.4 Å². The van der Waals surface area contributed by atoms with E-state index in [2.05, 4.69) is 20.4 Å². The van der Waals surface area contributed by atoms with Gasteiger partial charge in [0.2, 0.25) is 11.8 Å². The van der Waals surface area contributed by atoms with Gasteiger partial charge in [0, 0.05) is 35.1 Å². The summed E-state index contributed by atoms with van der Waals surface area (Å²) in [6, 6.07) is 15.1. The van der Waals surface area contributed by atoms with Crippen molar-refractivity contribution in [3.05, 3.63) is 53.6 Å². The average molecular weight is 415 g/mol. The topological polar surface area (TPSA) is 71.3 Å². The SMILES string of the molecule is O=C(CSc1nnc(-c2cccc(Cl)c2)o1)Nc1ccc(N2CCCC2)cc1. The van der Waals surface area contributed by atoms with Crippen molar-refractivity contribution in [1.82, 2.24) is 10.2 Å². The van der Waals surface area contributed by atoms with Gasteiger partial charge in [0.1, 0.15) is 0 Å². The molecule has 1 aliphatic rings. The molecule has 1 N–H and O–H groups in total. The first-order valence-electron chi connectivity index (χ1n) is 9.04. The molecule has 0 saturated carbocycles. The smallest absolute Gasteiger partial charge is 0.277 e. The molecule has 4 rings (SSSR count). The minimum Gasteiger partial charge on any atom is -0.411 e. The normalized spacial score (nSPS) is 13.7. The summed E-state index contributed by atoms with van der Waals surface area (Å²) >= 11 is 7.17. The zero-order valence-electron chi connectivity index (χ0n) is 15.1. The lowest BCUT2D eigenvalue weighted by Crippen LogP contribution is -2.18. The van der Waals surface area contributed by atoms with Crippen LogP contribution in [0.5, 0.6) is 0 Å². The molecule has 0 spiro atoms. The van der Waals surface area contributed by atoms with Crippen LogP contribution in [0.2, 0.25) is 5.02 Å². The molecular weight excluding hydrogens is 396 g/mol. The molecule has 1 amide bonds. The predicted octanol–water partition coefficient (Wildman–Crippen LogP) is 4.72. The van der Waals surface area contributed by atoms with Crippen molar-refractivity contribution >= 4 is 40.6 Å². The Morgan fingerprint density at radius 1 is 1.14 bits per heavy atom. The van der Waals surface area contributed by atoms with Gasteiger partial charge >= 0.3 is 0 Å². The van der Waals surface area contributed by atoms with Gasteiger partial charge in [-0.2, -0.15) is 0 Å². The third kappa shape index (κ3) is 4.66. The molecule has 1 aliphatic heterocycles. The van der Waals surface area contributed by atoms with Gasteiger partial charge < -0.3 is 14.6 Å². The van der Waals surface area contributed by atoms with E-state index in [1.54, 1.807) is 12.1 Å². The van der Waals surface area contributed by atoms with Crippen LogP contribution in [0.3, 0.4) is 0 Å². The van der Waals surface area contributed by atoms with Gasteiger partial charge in [-0.05, 0) is 55.3 Å². The molecule has 3 aromatic rings. The monoisotopic (exact) mass is 414 g/mol.